The molecule has 0 radical (unpaired) electrons. The number of rotatable bonds is 17. The van der Waals surface area contributed by atoms with E-state index in [4.69, 9.17) is 5.73 Å². The summed E-state index contributed by atoms with van der Waals surface area (Å²) in [7, 11) is 0. The molecule has 1 aliphatic rings. The highest BCUT2D eigenvalue weighted by atomic mass is 15.2. The second kappa shape index (κ2) is 16.6. The largest absolute Gasteiger partial charge is 0.357 e. The zero-order valence-corrected chi connectivity index (χ0v) is 16.9. The lowest BCUT2D eigenvalue weighted by Crippen LogP contribution is -2.32. The van der Waals surface area contributed by atoms with Gasteiger partial charge in [0.15, 0.2) is 0 Å². The number of unbranched alkanes of at least 4 members (excludes halogenated alkanes) is 12. The molecule has 0 saturated heterocycles. The van der Waals surface area contributed by atoms with Crippen molar-refractivity contribution in [2.45, 2.75) is 96.8 Å². The number of aliphatic imine (C=N–C) groups is 1. The maximum atomic E-state index is 5.64. The van der Waals surface area contributed by atoms with Crippen LogP contribution < -0.4 is 5.73 Å². The van der Waals surface area contributed by atoms with Crippen molar-refractivity contribution in [2.24, 2.45) is 10.7 Å². The Morgan fingerprint density at radius 3 is 2.08 bits per heavy atom. The van der Waals surface area contributed by atoms with Crippen LogP contribution in [0.2, 0.25) is 0 Å². The zero-order valence-electron chi connectivity index (χ0n) is 16.9. The molecule has 0 saturated carbocycles. The van der Waals surface area contributed by atoms with Crippen LogP contribution in [0.5, 0.6) is 0 Å². The summed E-state index contributed by atoms with van der Waals surface area (Å²) in [4.78, 5) is 6.90. The third kappa shape index (κ3) is 12.2. The average molecular weight is 350 g/mol. The molecule has 0 unspecified atom stereocenters. The van der Waals surface area contributed by atoms with E-state index in [2.05, 4.69) is 29.0 Å². The quantitative estimate of drug-likeness (QED) is 0.270. The van der Waals surface area contributed by atoms with Gasteiger partial charge in [-0.3, -0.25) is 4.99 Å². The van der Waals surface area contributed by atoms with E-state index in [0.29, 0.717) is 0 Å². The second-order valence-electron chi connectivity index (χ2n) is 7.43. The molecule has 0 aromatic rings. The molecule has 0 aromatic heterocycles. The van der Waals surface area contributed by atoms with Gasteiger partial charge in [0.1, 0.15) is 5.84 Å². The summed E-state index contributed by atoms with van der Waals surface area (Å²) >= 11 is 0. The number of hydrogen-bond acceptors (Lipinski definition) is 3. The van der Waals surface area contributed by atoms with Gasteiger partial charge in [0.2, 0.25) is 0 Å². The fourth-order valence-electron chi connectivity index (χ4n) is 3.53. The maximum Gasteiger partial charge on any atom is 0.103 e. The Morgan fingerprint density at radius 2 is 1.48 bits per heavy atom. The first-order valence-corrected chi connectivity index (χ1v) is 11.0. The van der Waals surface area contributed by atoms with Crippen LogP contribution in [0.25, 0.3) is 0 Å². The average Bonchev–Trinajstić information content (AvgIpc) is 3.06. The minimum Gasteiger partial charge on any atom is -0.357 e. The zero-order chi connectivity index (χ0) is 18.0. The molecule has 146 valence electrons. The van der Waals surface area contributed by atoms with Crippen molar-refractivity contribution < 1.29 is 0 Å². The molecule has 0 amide bonds. The van der Waals surface area contributed by atoms with Crippen LogP contribution in [-0.2, 0) is 0 Å². The predicted octanol–water partition coefficient (Wildman–Crippen LogP) is 5.70. The molecule has 0 aromatic carbocycles. The molecule has 0 bridgehead atoms. The van der Waals surface area contributed by atoms with Gasteiger partial charge in [-0.05, 0) is 12.8 Å². The van der Waals surface area contributed by atoms with Crippen molar-refractivity contribution >= 4 is 5.84 Å². The highest BCUT2D eigenvalue weighted by Gasteiger charge is 2.13. The summed E-state index contributed by atoms with van der Waals surface area (Å²) in [5.41, 5.74) is 5.64. The first-order chi connectivity index (χ1) is 12.4. The summed E-state index contributed by atoms with van der Waals surface area (Å²) in [5.74, 6) is 1.23. The van der Waals surface area contributed by atoms with Crippen LogP contribution in [0.4, 0.5) is 0 Å². The van der Waals surface area contributed by atoms with Gasteiger partial charge in [-0.2, -0.15) is 0 Å². The number of amidine groups is 1. The van der Waals surface area contributed by atoms with Gasteiger partial charge in [0.25, 0.3) is 0 Å². The Hall–Kier alpha value is -0.830. The molecule has 0 atom stereocenters. The fourth-order valence-corrected chi connectivity index (χ4v) is 3.53. The monoisotopic (exact) mass is 349 g/mol. The molecule has 2 N–H and O–H groups in total. The van der Waals surface area contributed by atoms with E-state index in [-0.39, 0.29) is 0 Å². The van der Waals surface area contributed by atoms with Crippen molar-refractivity contribution in [3.05, 3.63) is 12.2 Å². The second-order valence-corrected chi connectivity index (χ2v) is 7.43. The van der Waals surface area contributed by atoms with Gasteiger partial charge < -0.3 is 10.6 Å². The van der Waals surface area contributed by atoms with E-state index in [0.717, 1.165) is 32.6 Å². The third-order valence-corrected chi connectivity index (χ3v) is 5.12. The van der Waals surface area contributed by atoms with E-state index in [9.17, 15) is 0 Å². The predicted molar refractivity (Wildman–Crippen MR) is 112 cm³/mol. The lowest BCUT2D eigenvalue weighted by Gasteiger charge is -2.18. The summed E-state index contributed by atoms with van der Waals surface area (Å²) in [6.07, 6.45) is 23.9. The van der Waals surface area contributed by atoms with Crippen LogP contribution in [0.1, 0.15) is 96.8 Å². The Bertz CT molecular complexity index is 349. The van der Waals surface area contributed by atoms with Crippen LogP contribution in [0.15, 0.2) is 17.1 Å². The van der Waals surface area contributed by atoms with E-state index in [1.165, 1.54) is 89.3 Å². The van der Waals surface area contributed by atoms with Gasteiger partial charge in [0, 0.05) is 26.1 Å². The molecular formula is C22H43N3. The minimum atomic E-state index is 0.724. The van der Waals surface area contributed by atoms with E-state index in [1.807, 2.05) is 0 Å². The molecule has 0 spiro atoms. The van der Waals surface area contributed by atoms with Crippen LogP contribution in [0.3, 0.4) is 0 Å². The van der Waals surface area contributed by atoms with Gasteiger partial charge in [-0.25, -0.2) is 0 Å². The SMILES string of the molecule is CCCCCCCCCCCCCC/C=C/CC1=NCCN1CCN. The molecule has 25 heavy (non-hydrogen) atoms. The highest BCUT2D eigenvalue weighted by Crippen LogP contribution is 2.13. The summed E-state index contributed by atoms with van der Waals surface area (Å²) in [6, 6.07) is 0. The normalized spacial score (nSPS) is 14.6. The van der Waals surface area contributed by atoms with Gasteiger partial charge in [-0.1, -0.05) is 89.7 Å². The lowest BCUT2D eigenvalue weighted by molar-refractivity contribution is 0.462. The maximum absolute atomic E-state index is 5.64. The van der Waals surface area contributed by atoms with Crippen LogP contribution >= 0.6 is 0 Å². The van der Waals surface area contributed by atoms with Gasteiger partial charge in [0.05, 0.1) is 6.54 Å². The Kier molecular flexibility index (Phi) is 14.8. The van der Waals surface area contributed by atoms with E-state index in [1.54, 1.807) is 0 Å². The minimum absolute atomic E-state index is 0.724. The number of nitrogens with two attached hydrogens (primary N) is 1. The fraction of sp³-hybridized carbons (Fsp3) is 0.864. The molecule has 0 aliphatic carbocycles. The first kappa shape index (κ1) is 22.2. The summed E-state index contributed by atoms with van der Waals surface area (Å²) in [5, 5.41) is 0. The summed E-state index contributed by atoms with van der Waals surface area (Å²) < 4.78 is 0. The molecule has 0 fully saturated rings. The topological polar surface area (TPSA) is 41.6 Å². The van der Waals surface area contributed by atoms with Gasteiger partial charge in [-0.15, -0.1) is 0 Å². The van der Waals surface area contributed by atoms with E-state index < -0.39 is 0 Å². The molecule has 1 heterocycles. The lowest BCUT2D eigenvalue weighted by atomic mass is 10.0. The number of nitrogens with zero attached hydrogens (tertiary/aromatic N) is 2. The molecule has 1 aliphatic heterocycles. The smallest absolute Gasteiger partial charge is 0.103 e. The van der Waals surface area contributed by atoms with Crippen molar-refractivity contribution in [1.82, 2.24) is 4.90 Å². The molecule has 3 heteroatoms. The Balaban J connectivity index is 1.82. The summed E-state index contributed by atoms with van der Waals surface area (Å²) in [6.45, 7) is 5.96. The number of allylic oxidation sites excluding steroid dienone is 1. The van der Waals surface area contributed by atoms with Crippen molar-refractivity contribution in [3.8, 4) is 0 Å². The van der Waals surface area contributed by atoms with Crippen LogP contribution in [0, 0.1) is 0 Å². The molecule has 1 rings (SSSR count). The van der Waals surface area contributed by atoms with Crippen molar-refractivity contribution in [2.75, 3.05) is 26.2 Å². The standard InChI is InChI=1S/C22H43N3/c1-2-3-4-5-6-7-8-9-10-11-12-13-14-15-16-17-22-24-19-21-25(22)20-18-23/h15-16H,2-14,17-21,23H2,1H3/b16-15+. The van der Waals surface area contributed by atoms with Gasteiger partial charge >= 0.3 is 0 Å². The highest BCUT2D eigenvalue weighted by molar-refractivity contribution is 5.85. The Morgan fingerprint density at radius 1 is 0.880 bits per heavy atom. The third-order valence-electron chi connectivity index (χ3n) is 5.12. The van der Waals surface area contributed by atoms with Crippen molar-refractivity contribution in [3.63, 3.8) is 0 Å². The van der Waals surface area contributed by atoms with Crippen molar-refractivity contribution in [1.29, 1.82) is 0 Å². The van der Waals surface area contributed by atoms with E-state index >= 15 is 0 Å². The Labute approximate surface area is 157 Å². The van der Waals surface area contributed by atoms with Crippen LogP contribution in [-0.4, -0.2) is 36.9 Å². The number of hydrogen-bond donors (Lipinski definition) is 1. The molecular weight excluding hydrogens is 306 g/mol. The molecule has 3 nitrogen and oxygen atoms in total. The first-order valence-electron chi connectivity index (χ1n) is 11.0.